The van der Waals surface area contributed by atoms with Crippen molar-refractivity contribution in [2.45, 2.75) is 43.6 Å². The molecule has 0 bridgehead atoms. The van der Waals surface area contributed by atoms with Crippen molar-refractivity contribution in [2.75, 3.05) is 13.1 Å². The number of benzene rings is 1. The molecule has 2 aliphatic rings. The topological polar surface area (TPSA) is 61.4 Å². The first-order chi connectivity index (χ1) is 10.6. The molecular formula is C17H23FN2O2. The number of rotatable bonds is 5. The molecule has 0 spiro atoms. The summed E-state index contributed by atoms with van der Waals surface area (Å²) in [5.74, 6) is 0.171. The van der Waals surface area contributed by atoms with Crippen molar-refractivity contribution in [1.29, 1.82) is 0 Å². The Labute approximate surface area is 130 Å². The van der Waals surface area contributed by atoms with E-state index in [1.165, 1.54) is 6.07 Å². The van der Waals surface area contributed by atoms with Crippen LogP contribution in [0.3, 0.4) is 0 Å². The number of aliphatic hydroxyl groups excluding tert-OH is 1. The van der Waals surface area contributed by atoms with Gasteiger partial charge in [0.25, 0.3) is 0 Å². The third-order valence-electron chi connectivity index (χ3n) is 4.95. The minimum atomic E-state index is -0.230. The van der Waals surface area contributed by atoms with Crippen LogP contribution >= 0.6 is 0 Å². The van der Waals surface area contributed by atoms with Crippen molar-refractivity contribution < 1.29 is 14.3 Å². The molecule has 5 heteroatoms. The van der Waals surface area contributed by atoms with E-state index in [4.69, 9.17) is 0 Å². The van der Waals surface area contributed by atoms with Crippen LogP contribution in [0.5, 0.6) is 0 Å². The fourth-order valence-corrected chi connectivity index (χ4v) is 3.37. The molecule has 2 aliphatic carbocycles. The number of aliphatic hydroxyl groups is 1. The molecule has 1 aromatic rings. The number of hydrogen-bond acceptors (Lipinski definition) is 2. The largest absolute Gasteiger partial charge is 0.393 e. The Morgan fingerprint density at radius 2 is 2.05 bits per heavy atom. The molecule has 0 unspecified atom stereocenters. The highest BCUT2D eigenvalue weighted by Crippen LogP contribution is 2.48. The first-order valence-corrected chi connectivity index (χ1v) is 8.04. The number of urea groups is 1. The number of halogens is 1. The lowest BCUT2D eigenvalue weighted by molar-refractivity contribution is 0.177. The van der Waals surface area contributed by atoms with Crippen LogP contribution in [-0.2, 0) is 5.41 Å². The van der Waals surface area contributed by atoms with Crippen LogP contribution < -0.4 is 10.6 Å². The summed E-state index contributed by atoms with van der Waals surface area (Å²) in [6.07, 6.45) is 4.14. The molecule has 3 N–H and O–H groups in total. The zero-order valence-electron chi connectivity index (χ0n) is 12.6. The summed E-state index contributed by atoms with van der Waals surface area (Å²) in [5, 5.41) is 15.2. The van der Waals surface area contributed by atoms with Crippen molar-refractivity contribution in [2.24, 2.45) is 5.92 Å². The Balaban J connectivity index is 1.46. The number of nitrogens with one attached hydrogen (secondary N) is 2. The summed E-state index contributed by atoms with van der Waals surface area (Å²) in [5.41, 5.74) is 0.473. The third-order valence-corrected chi connectivity index (χ3v) is 4.95. The van der Waals surface area contributed by atoms with Crippen molar-refractivity contribution in [3.05, 3.63) is 35.6 Å². The van der Waals surface area contributed by atoms with E-state index in [1.54, 1.807) is 6.07 Å². The van der Waals surface area contributed by atoms with E-state index in [0.29, 0.717) is 24.6 Å². The number of amides is 2. The van der Waals surface area contributed by atoms with E-state index in [0.717, 1.165) is 32.1 Å². The van der Waals surface area contributed by atoms with Gasteiger partial charge in [-0.2, -0.15) is 0 Å². The normalized spacial score (nSPS) is 25.7. The Bertz CT molecular complexity index is 545. The van der Waals surface area contributed by atoms with Crippen molar-refractivity contribution >= 4 is 6.03 Å². The molecule has 0 heterocycles. The molecule has 2 atom stereocenters. The molecule has 0 aliphatic heterocycles. The molecule has 22 heavy (non-hydrogen) atoms. The minimum absolute atomic E-state index is 0.192. The van der Waals surface area contributed by atoms with Crippen LogP contribution in [0.2, 0.25) is 0 Å². The highest BCUT2D eigenvalue weighted by molar-refractivity contribution is 5.74. The lowest BCUT2D eigenvalue weighted by atomic mass is 9.95. The van der Waals surface area contributed by atoms with Gasteiger partial charge in [-0.05, 0) is 49.7 Å². The Morgan fingerprint density at radius 3 is 2.68 bits per heavy atom. The van der Waals surface area contributed by atoms with Gasteiger partial charge in [-0.1, -0.05) is 18.2 Å². The maximum absolute atomic E-state index is 13.9. The third kappa shape index (κ3) is 3.40. The zero-order chi connectivity index (χ0) is 15.6. The first kappa shape index (κ1) is 15.3. The standard InChI is InChI=1S/C17H23FN2O2/c18-15-4-2-1-3-14(15)17(7-8-17)11-20-16(22)19-10-12-5-6-13(21)9-12/h1-4,12-13,21H,5-11H2,(H2,19,20,22)/t12-,13-/m1/s1. The molecule has 0 aromatic heterocycles. The van der Waals surface area contributed by atoms with Gasteiger partial charge in [0, 0.05) is 18.5 Å². The predicted molar refractivity (Wildman–Crippen MR) is 82.1 cm³/mol. The van der Waals surface area contributed by atoms with Gasteiger partial charge in [0.1, 0.15) is 5.82 Å². The molecule has 0 saturated heterocycles. The lowest BCUT2D eigenvalue weighted by Crippen LogP contribution is -2.41. The van der Waals surface area contributed by atoms with Crippen LogP contribution in [0, 0.1) is 11.7 Å². The van der Waals surface area contributed by atoms with Gasteiger partial charge in [0.2, 0.25) is 0 Å². The summed E-state index contributed by atoms with van der Waals surface area (Å²) in [6.45, 7) is 1.06. The average Bonchev–Trinajstić information content (AvgIpc) is 3.18. The molecule has 2 fully saturated rings. The van der Waals surface area contributed by atoms with E-state index in [9.17, 15) is 14.3 Å². The van der Waals surface area contributed by atoms with Gasteiger partial charge >= 0.3 is 6.03 Å². The Kier molecular flexibility index (Phi) is 4.34. The lowest BCUT2D eigenvalue weighted by Gasteiger charge is -2.18. The molecule has 0 radical (unpaired) electrons. The number of hydrogen-bond donors (Lipinski definition) is 3. The molecule has 120 valence electrons. The smallest absolute Gasteiger partial charge is 0.314 e. The van der Waals surface area contributed by atoms with Gasteiger partial charge in [0.15, 0.2) is 0 Å². The summed E-state index contributed by atoms with van der Waals surface area (Å²) in [6, 6.07) is 6.60. The maximum atomic E-state index is 13.9. The maximum Gasteiger partial charge on any atom is 0.314 e. The van der Waals surface area contributed by atoms with Crippen molar-refractivity contribution in [1.82, 2.24) is 10.6 Å². The van der Waals surface area contributed by atoms with E-state index in [-0.39, 0.29) is 23.4 Å². The molecule has 2 saturated carbocycles. The molecular weight excluding hydrogens is 283 g/mol. The van der Waals surface area contributed by atoms with Crippen LogP contribution in [0.15, 0.2) is 24.3 Å². The summed E-state index contributed by atoms with van der Waals surface area (Å²) < 4.78 is 13.9. The van der Waals surface area contributed by atoms with Crippen LogP contribution in [0.4, 0.5) is 9.18 Å². The predicted octanol–water partition coefficient (Wildman–Crippen LogP) is 2.32. The van der Waals surface area contributed by atoms with Gasteiger partial charge in [-0.25, -0.2) is 9.18 Å². The second-order valence-corrected chi connectivity index (χ2v) is 6.66. The van der Waals surface area contributed by atoms with Crippen LogP contribution in [-0.4, -0.2) is 30.3 Å². The monoisotopic (exact) mass is 306 g/mol. The van der Waals surface area contributed by atoms with Crippen molar-refractivity contribution in [3.8, 4) is 0 Å². The second kappa shape index (κ2) is 6.24. The van der Waals surface area contributed by atoms with E-state index >= 15 is 0 Å². The van der Waals surface area contributed by atoms with Crippen LogP contribution in [0.1, 0.15) is 37.7 Å². The second-order valence-electron chi connectivity index (χ2n) is 6.66. The molecule has 3 rings (SSSR count). The fourth-order valence-electron chi connectivity index (χ4n) is 3.37. The van der Waals surface area contributed by atoms with E-state index < -0.39 is 0 Å². The van der Waals surface area contributed by atoms with Crippen molar-refractivity contribution in [3.63, 3.8) is 0 Å². The summed E-state index contributed by atoms with van der Waals surface area (Å²) >= 11 is 0. The highest BCUT2D eigenvalue weighted by atomic mass is 19.1. The fraction of sp³-hybridized carbons (Fsp3) is 0.588. The Morgan fingerprint density at radius 1 is 1.27 bits per heavy atom. The first-order valence-electron chi connectivity index (χ1n) is 8.04. The molecule has 4 nitrogen and oxygen atoms in total. The number of carbonyl (C=O) groups excluding carboxylic acids is 1. The SMILES string of the molecule is O=C(NC[C@@H]1CC[C@@H](O)C1)NCC1(c2ccccc2F)CC1. The quantitative estimate of drug-likeness (QED) is 0.782. The van der Waals surface area contributed by atoms with E-state index in [1.807, 2.05) is 12.1 Å². The van der Waals surface area contributed by atoms with Gasteiger partial charge in [-0.15, -0.1) is 0 Å². The summed E-state index contributed by atoms with van der Waals surface area (Å²) in [4.78, 5) is 11.9. The minimum Gasteiger partial charge on any atom is -0.393 e. The van der Waals surface area contributed by atoms with Gasteiger partial charge < -0.3 is 15.7 Å². The average molecular weight is 306 g/mol. The van der Waals surface area contributed by atoms with Crippen LogP contribution in [0.25, 0.3) is 0 Å². The molecule has 1 aromatic carbocycles. The van der Waals surface area contributed by atoms with Gasteiger partial charge in [0.05, 0.1) is 6.10 Å². The Hall–Kier alpha value is -1.62. The molecule has 2 amide bonds. The number of carbonyl (C=O) groups is 1. The zero-order valence-corrected chi connectivity index (χ0v) is 12.6. The van der Waals surface area contributed by atoms with E-state index in [2.05, 4.69) is 10.6 Å². The van der Waals surface area contributed by atoms with Gasteiger partial charge in [-0.3, -0.25) is 0 Å². The summed E-state index contributed by atoms with van der Waals surface area (Å²) in [7, 11) is 0. The highest BCUT2D eigenvalue weighted by Gasteiger charge is 2.46.